The first-order chi connectivity index (χ1) is 9.40. The number of halogens is 1. The van der Waals surface area contributed by atoms with Crippen molar-refractivity contribution < 1.29 is 19.9 Å². The molecule has 110 valence electrons. The molecule has 0 radical (unpaired) electrons. The summed E-state index contributed by atoms with van der Waals surface area (Å²) in [7, 11) is 0. The highest BCUT2D eigenvalue weighted by atomic mass is 35.5. The maximum Gasteiger partial charge on any atom is 0.503 e. The van der Waals surface area contributed by atoms with Crippen molar-refractivity contribution in [3.63, 3.8) is 0 Å². The maximum absolute atomic E-state index is 10.7. The lowest BCUT2D eigenvalue weighted by Gasteiger charge is -2.02. The van der Waals surface area contributed by atoms with Gasteiger partial charge < -0.3 is 10.2 Å². The van der Waals surface area contributed by atoms with Crippen LogP contribution in [0.2, 0.25) is 5.02 Å². The van der Waals surface area contributed by atoms with E-state index >= 15 is 0 Å². The Morgan fingerprint density at radius 2 is 2.00 bits per heavy atom. The molecule has 0 aromatic heterocycles. The molecule has 0 aliphatic heterocycles. The fourth-order valence-corrected chi connectivity index (χ4v) is 2.04. The van der Waals surface area contributed by atoms with Gasteiger partial charge in [-0.05, 0) is 30.4 Å². The number of rotatable bonds is 5. The molecule has 6 nitrogen and oxygen atoms in total. The standard InChI is InChI=1S/C12H14ClNO2.CH2O3/c13-11-7-6-10(8-12(11)14(15)16)3-1-2-9-4-5-9;2-1(3)4/h6-9H,1-5H2;(H2,2,3,4). The smallest absolute Gasteiger partial charge is 0.450 e. The van der Waals surface area contributed by atoms with Crippen molar-refractivity contribution in [1.82, 2.24) is 0 Å². The van der Waals surface area contributed by atoms with E-state index in [2.05, 4.69) is 0 Å². The molecule has 0 saturated heterocycles. The first-order valence-electron chi connectivity index (χ1n) is 6.25. The van der Waals surface area contributed by atoms with E-state index in [-0.39, 0.29) is 10.7 Å². The molecule has 0 atom stereocenters. The highest BCUT2D eigenvalue weighted by Gasteiger charge is 2.20. The Kier molecular flexibility index (Phi) is 6.24. The predicted octanol–water partition coefficient (Wildman–Crippen LogP) is 4.20. The Morgan fingerprint density at radius 1 is 1.40 bits per heavy atom. The molecular formula is C13H16ClNO5. The van der Waals surface area contributed by atoms with Crippen LogP contribution in [0.15, 0.2) is 18.2 Å². The van der Waals surface area contributed by atoms with Crippen molar-refractivity contribution in [3.8, 4) is 0 Å². The number of benzene rings is 1. The van der Waals surface area contributed by atoms with Crippen molar-refractivity contribution in [3.05, 3.63) is 38.9 Å². The average Bonchev–Trinajstić information content (AvgIpc) is 3.14. The monoisotopic (exact) mass is 301 g/mol. The number of carboxylic acid groups (broad SMARTS) is 2. The summed E-state index contributed by atoms with van der Waals surface area (Å²) in [5.41, 5.74) is 1.03. The molecule has 0 heterocycles. The lowest BCUT2D eigenvalue weighted by atomic mass is 10.1. The minimum atomic E-state index is -1.83. The van der Waals surface area contributed by atoms with Crippen LogP contribution in [-0.2, 0) is 6.42 Å². The minimum absolute atomic E-state index is 0.0191. The zero-order valence-electron chi connectivity index (χ0n) is 10.8. The largest absolute Gasteiger partial charge is 0.503 e. The third-order valence-corrected chi connectivity index (χ3v) is 3.30. The predicted molar refractivity (Wildman–Crippen MR) is 74.4 cm³/mol. The van der Waals surface area contributed by atoms with E-state index in [4.69, 9.17) is 26.6 Å². The number of hydrogen-bond acceptors (Lipinski definition) is 3. The third kappa shape index (κ3) is 6.38. The van der Waals surface area contributed by atoms with Crippen LogP contribution >= 0.6 is 11.6 Å². The summed E-state index contributed by atoms with van der Waals surface area (Å²) in [4.78, 5) is 18.8. The maximum atomic E-state index is 10.7. The summed E-state index contributed by atoms with van der Waals surface area (Å²) in [5.74, 6) is 0.919. The van der Waals surface area contributed by atoms with Gasteiger partial charge in [-0.25, -0.2) is 4.79 Å². The van der Waals surface area contributed by atoms with Gasteiger partial charge in [-0.3, -0.25) is 10.1 Å². The summed E-state index contributed by atoms with van der Waals surface area (Å²) in [6, 6.07) is 5.09. The summed E-state index contributed by atoms with van der Waals surface area (Å²) in [5, 5.41) is 24.9. The summed E-state index contributed by atoms with van der Waals surface area (Å²) in [6.45, 7) is 0. The Morgan fingerprint density at radius 3 is 2.50 bits per heavy atom. The van der Waals surface area contributed by atoms with E-state index in [9.17, 15) is 10.1 Å². The van der Waals surface area contributed by atoms with Gasteiger partial charge in [0.25, 0.3) is 5.69 Å². The second-order valence-corrected chi connectivity index (χ2v) is 5.07. The molecular weight excluding hydrogens is 286 g/mol. The van der Waals surface area contributed by atoms with E-state index in [1.807, 2.05) is 6.07 Å². The molecule has 0 bridgehead atoms. The Bertz CT molecular complexity index is 484. The van der Waals surface area contributed by atoms with Gasteiger partial charge in [0.1, 0.15) is 5.02 Å². The lowest BCUT2D eigenvalue weighted by molar-refractivity contribution is -0.384. The van der Waals surface area contributed by atoms with Crippen LogP contribution in [0.1, 0.15) is 31.2 Å². The quantitative estimate of drug-likeness (QED) is 0.627. The average molecular weight is 302 g/mol. The lowest BCUT2D eigenvalue weighted by Crippen LogP contribution is -1.92. The molecule has 1 aliphatic rings. The second kappa shape index (κ2) is 7.69. The van der Waals surface area contributed by atoms with Crippen LogP contribution in [-0.4, -0.2) is 21.3 Å². The van der Waals surface area contributed by atoms with E-state index in [0.29, 0.717) is 0 Å². The zero-order chi connectivity index (χ0) is 15.1. The summed E-state index contributed by atoms with van der Waals surface area (Å²) in [6.07, 6.45) is 4.16. The molecule has 1 aromatic rings. The van der Waals surface area contributed by atoms with Crippen molar-refractivity contribution >= 4 is 23.4 Å². The van der Waals surface area contributed by atoms with Gasteiger partial charge >= 0.3 is 6.16 Å². The molecule has 2 N–H and O–H groups in total. The molecule has 0 amide bonds. The first kappa shape index (κ1) is 16.2. The Labute approximate surface area is 121 Å². The van der Waals surface area contributed by atoms with Crippen LogP contribution in [0, 0.1) is 16.0 Å². The molecule has 1 fully saturated rings. The zero-order valence-corrected chi connectivity index (χ0v) is 11.5. The van der Waals surface area contributed by atoms with E-state index in [0.717, 1.165) is 24.3 Å². The molecule has 1 aromatic carbocycles. The Balaban J connectivity index is 0.000000444. The van der Waals surface area contributed by atoms with E-state index in [1.54, 1.807) is 12.1 Å². The van der Waals surface area contributed by atoms with Gasteiger partial charge in [-0.1, -0.05) is 36.9 Å². The van der Waals surface area contributed by atoms with Gasteiger partial charge in [0, 0.05) is 6.07 Å². The van der Waals surface area contributed by atoms with E-state index in [1.165, 1.54) is 19.3 Å². The van der Waals surface area contributed by atoms with Gasteiger partial charge in [-0.2, -0.15) is 0 Å². The molecule has 0 spiro atoms. The Hall–Kier alpha value is -1.82. The van der Waals surface area contributed by atoms with Crippen molar-refractivity contribution in [2.24, 2.45) is 5.92 Å². The normalized spacial score (nSPS) is 13.2. The molecule has 2 rings (SSSR count). The van der Waals surface area contributed by atoms with Crippen molar-refractivity contribution in [2.45, 2.75) is 32.1 Å². The summed E-state index contributed by atoms with van der Waals surface area (Å²) >= 11 is 5.74. The highest BCUT2D eigenvalue weighted by Crippen LogP contribution is 2.34. The van der Waals surface area contributed by atoms with Crippen LogP contribution in [0.5, 0.6) is 0 Å². The fourth-order valence-electron chi connectivity index (χ4n) is 1.86. The second-order valence-electron chi connectivity index (χ2n) is 4.66. The van der Waals surface area contributed by atoms with Gasteiger partial charge in [-0.15, -0.1) is 0 Å². The summed E-state index contributed by atoms with van der Waals surface area (Å²) < 4.78 is 0. The number of aryl methyl sites for hydroxylation is 1. The molecule has 1 saturated carbocycles. The first-order valence-corrected chi connectivity index (χ1v) is 6.62. The number of nitrogens with zero attached hydrogens (tertiary/aromatic N) is 1. The minimum Gasteiger partial charge on any atom is -0.450 e. The van der Waals surface area contributed by atoms with Crippen LogP contribution in [0.3, 0.4) is 0 Å². The fraction of sp³-hybridized carbons (Fsp3) is 0.462. The molecule has 7 heteroatoms. The van der Waals surface area contributed by atoms with Gasteiger partial charge in [0.15, 0.2) is 0 Å². The number of hydrogen-bond donors (Lipinski definition) is 2. The van der Waals surface area contributed by atoms with E-state index < -0.39 is 11.1 Å². The number of nitro benzene ring substituents is 1. The molecule has 20 heavy (non-hydrogen) atoms. The molecule has 1 aliphatic carbocycles. The van der Waals surface area contributed by atoms with Crippen LogP contribution < -0.4 is 0 Å². The van der Waals surface area contributed by atoms with Crippen molar-refractivity contribution in [2.75, 3.05) is 0 Å². The molecule has 0 unspecified atom stereocenters. The number of carbonyl (C=O) groups is 1. The number of nitro groups is 1. The SMILES string of the molecule is O=C(O)O.O=[N+]([O-])c1cc(CCCC2CC2)ccc1Cl. The van der Waals surface area contributed by atoms with Crippen molar-refractivity contribution in [1.29, 1.82) is 0 Å². The van der Waals surface area contributed by atoms with Gasteiger partial charge in [0.05, 0.1) is 4.92 Å². The van der Waals surface area contributed by atoms with Crippen LogP contribution in [0.25, 0.3) is 0 Å². The third-order valence-electron chi connectivity index (χ3n) is 2.98. The topological polar surface area (TPSA) is 101 Å². The highest BCUT2D eigenvalue weighted by molar-refractivity contribution is 6.32. The van der Waals surface area contributed by atoms with Gasteiger partial charge in [0.2, 0.25) is 0 Å². The van der Waals surface area contributed by atoms with Crippen LogP contribution in [0.4, 0.5) is 10.5 Å².